The number of nitrogens with one attached hydrogen (secondary N) is 1. The Balaban J connectivity index is 1.39. The normalized spacial score (nSPS) is 10.9. The van der Waals surface area contributed by atoms with Gasteiger partial charge in [0.15, 0.2) is 11.5 Å². The molecule has 0 unspecified atom stereocenters. The zero-order valence-corrected chi connectivity index (χ0v) is 18.9. The molecule has 170 valence electrons. The monoisotopic (exact) mass is 452 g/mol. The number of esters is 1. The average Bonchev–Trinajstić information content (AvgIpc) is 2.85. The smallest absolute Gasteiger partial charge is 0.343 e. The van der Waals surface area contributed by atoms with Crippen LogP contribution in [0.15, 0.2) is 90.0 Å². The van der Waals surface area contributed by atoms with E-state index in [0.717, 1.165) is 21.9 Å². The Morgan fingerprint density at radius 1 is 0.912 bits per heavy atom. The van der Waals surface area contributed by atoms with Gasteiger partial charge in [-0.25, -0.2) is 10.2 Å². The summed E-state index contributed by atoms with van der Waals surface area (Å²) in [6, 6.07) is 26.0. The lowest BCUT2D eigenvalue weighted by Crippen LogP contribution is -2.19. The molecule has 34 heavy (non-hydrogen) atoms. The van der Waals surface area contributed by atoms with Crippen LogP contribution in [-0.2, 0) is 11.2 Å². The number of hydrazone groups is 1. The SMILES string of the molecule is COc1cc(C=NNC(=O)Cc2cccc3ccccc23)ccc1OC(=O)c1ccc(C)cc1. The molecule has 0 fully saturated rings. The lowest BCUT2D eigenvalue weighted by molar-refractivity contribution is -0.120. The van der Waals surface area contributed by atoms with E-state index in [-0.39, 0.29) is 12.3 Å². The van der Waals surface area contributed by atoms with Gasteiger partial charge in [-0.3, -0.25) is 4.79 Å². The largest absolute Gasteiger partial charge is 0.493 e. The van der Waals surface area contributed by atoms with Gasteiger partial charge in [0.25, 0.3) is 0 Å². The molecule has 0 saturated heterocycles. The number of hydrogen-bond donors (Lipinski definition) is 1. The van der Waals surface area contributed by atoms with Crippen LogP contribution >= 0.6 is 0 Å². The molecule has 0 aliphatic carbocycles. The van der Waals surface area contributed by atoms with Crippen molar-refractivity contribution in [1.29, 1.82) is 0 Å². The molecule has 0 bridgehead atoms. The average molecular weight is 453 g/mol. The highest BCUT2D eigenvalue weighted by atomic mass is 16.6. The zero-order chi connectivity index (χ0) is 23.9. The van der Waals surface area contributed by atoms with Crippen LogP contribution in [0.3, 0.4) is 0 Å². The quantitative estimate of drug-likeness (QED) is 0.184. The Morgan fingerprint density at radius 2 is 1.68 bits per heavy atom. The molecule has 4 aromatic rings. The van der Waals surface area contributed by atoms with Crippen LogP contribution in [0.25, 0.3) is 10.8 Å². The number of rotatable bonds is 7. The van der Waals surface area contributed by atoms with Gasteiger partial charge in [0.1, 0.15) is 0 Å². The Kier molecular flexibility index (Phi) is 6.98. The molecule has 0 saturated carbocycles. The van der Waals surface area contributed by atoms with Gasteiger partial charge in [-0.15, -0.1) is 0 Å². The highest BCUT2D eigenvalue weighted by Crippen LogP contribution is 2.28. The number of nitrogens with zero attached hydrogens (tertiary/aromatic N) is 1. The maximum atomic E-state index is 12.4. The predicted molar refractivity (Wildman–Crippen MR) is 133 cm³/mol. The summed E-state index contributed by atoms with van der Waals surface area (Å²) in [6.07, 6.45) is 1.73. The Labute approximate surface area is 197 Å². The first kappa shape index (κ1) is 22.7. The van der Waals surface area contributed by atoms with Gasteiger partial charge in [0, 0.05) is 0 Å². The fourth-order valence-electron chi connectivity index (χ4n) is 3.54. The topological polar surface area (TPSA) is 77.0 Å². The number of benzene rings is 4. The number of aryl methyl sites for hydroxylation is 1. The summed E-state index contributed by atoms with van der Waals surface area (Å²) in [5.41, 5.74) is 5.68. The molecule has 0 heterocycles. The fourth-order valence-corrected chi connectivity index (χ4v) is 3.54. The van der Waals surface area contributed by atoms with Crippen molar-refractivity contribution >= 4 is 28.9 Å². The van der Waals surface area contributed by atoms with E-state index in [4.69, 9.17) is 9.47 Å². The molecular weight excluding hydrogens is 428 g/mol. The first-order valence-electron chi connectivity index (χ1n) is 10.8. The van der Waals surface area contributed by atoms with Crippen molar-refractivity contribution in [1.82, 2.24) is 5.43 Å². The van der Waals surface area contributed by atoms with E-state index in [2.05, 4.69) is 10.5 Å². The molecule has 0 atom stereocenters. The molecule has 0 aliphatic rings. The number of fused-ring (bicyclic) bond motifs is 1. The second-order valence-electron chi connectivity index (χ2n) is 7.77. The highest BCUT2D eigenvalue weighted by molar-refractivity contribution is 5.92. The molecule has 1 amide bonds. The van der Waals surface area contributed by atoms with Crippen molar-refractivity contribution in [2.45, 2.75) is 13.3 Å². The molecule has 0 radical (unpaired) electrons. The van der Waals surface area contributed by atoms with Gasteiger partial charge >= 0.3 is 5.97 Å². The summed E-state index contributed by atoms with van der Waals surface area (Å²) >= 11 is 0. The molecule has 0 spiro atoms. The standard InChI is InChI=1S/C28H24N2O4/c1-19-10-13-22(14-11-19)28(32)34-25-15-12-20(16-26(25)33-2)18-29-30-27(31)17-23-8-5-7-21-6-3-4-9-24(21)23/h3-16,18H,17H2,1-2H3,(H,30,31). The van der Waals surface area contributed by atoms with Crippen molar-refractivity contribution in [3.05, 3.63) is 107 Å². The number of methoxy groups -OCH3 is 1. The van der Waals surface area contributed by atoms with Crippen LogP contribution in [0.2, 0.25) is 0 Å². The maximum Gasteiger partial charge on any atom is 0.343 e. The molecule has 0 aliphatic heterocycles. The molecule has 4 rings (SSSR count). The minimum absolute atomic E-state index is 0.218. The van der Waals surface area contributed by atoms with E-state index >= 15 is 0 Å². The van der Waals surface area contributed by atoms with E-state index in [1.807, 2.05) is 61.5 Å². The minimum atomic E-state index is -0.472. The van der Waals surface area contributed by atoms with Crippen molar-refractivity contribution in [3.63, 3.8) is 0 Å². The zero-order valence-electron chi connectivity index (χ0n) is 18.9. The lowest BCUT2D eigenvalue weighted by Gasteiger charge is -2.10. The summed E-state index contributed by atoms with van der Waals surface area (Å²) < 4.78 is 10.8. The Bertz CT molecular complexity index is 1360. The van der Waals surface area contributed by atoms with Gasteiger partial charge < -0.3 is 9.47 Å². The second-order valence-corrected chi connectivity index (χ2v) is 7.77. The molecule has 0 aromatic heterocycles. The van der Waals surface area contributed by atoms with Gasteiger partial charge in [0.05, 0.1) is 25.3 Å². The van der Waals surface area contributed by atoms with Crippen LogP contribution in [0.4, 0.5) is 0 Å². The first-order valence-corrected chi connectivity index (χ1v) is 10.8. The van der Waals surface area contributed by atoms with E-state index in [9.17, 15) is 9.59 Å². The van der Waals surface area contributed by atoms with Crippen LogP contribution in [-0.4, -0.2) is 25.2 Å². The van der Waals surface area contributed by atoms with E-state index in [0.29, 0.717) is 22.6 Å². The van der Waals surface area contributed by atoms with E-state index in [1.54, 1.807) is 30.3 Å². The number of carbonyl (C=O) groups is 2. The number of ether oxygens (including phenoxy) is 2. The fraction of sp³-hybridized carbons (Fsp3) is 0.107. The van der Waals surface area contributed by atoms with Gasteiger partial charge in [0.2, 0.25) is 5.91 Å². The predicted octanol–water partition coefficient (Wildman–Crippen LogP) is 5.07. The number of amides is 1. The van der Waals surface area contributed by atoms with Crippen LogP contribution < -0.4 is 14.9 Å². The van der Waals surface area contributed by atoms with Crippen molar-refractivity contribution in [2.75, 3.05) is 7.11 Å². The summed E-state index contributed by atoms with van der Waals surface area (Å²) in [7, 11) is 1.49. The third-order valence-electron chi connectivity index (χ3n) is 5.31. The van der Waals surface area contributed by atoms with Crippen LogP contribution in [0.5, 0.6) is 11.5 Å². The third-order valence-corrected chi connectivity index (χ3v) is 5.31. The van der Waals surface area contributed by atoms with Crippen molar-refractivity contribution < 1.29 is 19.1 Å². The van der Waals surface area contributed by atoms with E-state index < -0.39 is 5.97 Å². The lowest BCUT2D eigenvalue weighted by atomic mass is 10.0. The van der Waals surface area contributed by atoms with Crippen molar-refractivity contribution in [3.8, 4) is 11.5 Å². The van der Waals surface area contributed by atoms with Crippen LogP contribution in [0, 0.1) is 6.92 Å². The molecule has 1 N–H and O–H groups in total. The third kappa shape index (κ3) is 5.48. The molecule has 4 aromatic carbocycles. The second kappa shape index (κ2) is 10.4. The summed E-state index contributed by atoms with van der Waals surface area (Å²) in [6.45, 7) is 1.95. The number of hydrogen-bond acceptors (Lipinski definition) is 5. The molecule has 6 heteroatoms. The summed E-state index contributed by atoms with van der Waals surface area (Å²) in [5, 5.41) is 6.19. The van der Waals surface area contributed by atoms with E-state index in [1.165, 1.54) is 13.3 Å². The number of carbonyl (C=O) groups excluding carboxylic acids is 2. The summed E-state index contributed by atoms with van der Waals surface area (Å²) in [5.74, 6) is -0.0136. The minimum Gasteiger partial charge on any atom is -0.493 e. The Morgan fingerprint density at radius 3 is 2.47 bits per heavy atom. The van der Waals surface area contributed by atoms with Crippen molar-refractivity contribution in [2.24, 2.45) is 5.10 Å². The van der Waals surface area contributed by atoms with Gasteiger partial charge in [-0.1, -0.05) is 60.2 Å². The summed E-state index contributed by atoms with van der Waals surface area (Å²) in [4.78, 5) is 24.8. The van der Waals surface area contributed by atoms with Crippen LogP contribution in [0.1, 0.15) is 27.0 Å². The molecular formula is C28H24N2O4. The Hall–Kier alpha value is -4.45. The first-order chi connectivity index (χ1) is 16.5. The highest BCUT2D eigenvalue weighted by Gasteiger charge is 2.13. The molecule has 6 nitrogen and oxygen atoms in total. The maximum absolute atomic E-state index is 12.4. The van der Waals surface area contributed by atoms with Gasteiger partial charge in [-0.05, 0) is 59.2 Å². The van der Waals surface area contributed by atoms with Gasteiger partial charge in [-0.2, -0.15) is 5.10 Å².